The highest BCUT2D eigenvalue weighted by Crippen LogP contribution is 2.28. The molecule has 3 aromatic heterocycles. The first-order chi connectivity index (χ1) is 8.79. The van der Waals surface area contributed by atoms with Crippen molar-refractivity contribution >= 4 is 43.9 Å². The second-order valence-corrected chi connectivity index (χ2v) is 5.71. The van der Waals surface area contributed by atoms with Gasteiger partial charge in [-0.25, -0.2) is 4.98 Å². The fraction of sp³-hybridized carbons (Fsp3) is 0.273. The van der Waals surface area contributed by atoms with Crippen LogP contribution in [-0.4, -0.2) is 33.6 Å². The maximum Gasteiger partial charge on any atom is 0.261 e. The van der Waals surface area contributed by atoms with Crippen LogP contribution in [0.3, 0.4) is 0 Å². The number of nitrogens with one attached hydrogen (secondary N) is 1. The Morgan fingerprint density at radius 1 is 1.56 bits per heavy atom. The molecule has 2 N–H and O–H groups in total. The van der Waals surface area contributed by atoms with Gasteiger partial charge in [0.1, 0.15) is 4.83 Å². The molecule has 0 saturated heterocycles. The van der Waals surface area contributed by atoms with Crippen LogP contribution >= 0.6 is 22.7 Å². The summed E-state index contributed by atoms with van der Waals surface area (Å²) in [5.74, 6) is -0.101. The van der Waals surface area contributed by atoms with Crippen LogP contribution in [0.5, 0.6) is 0 Å². The van der Waals surface area contributed by atoms with E-state index in [1.807, 2.05) is 22.0 Å². The van der Waals surface area contributed by atoms with E-state index in [-0.39, 0.29) is 12.5 Å². The molecule has 0 atom stereocenters. The minimum absolute atomic E-state index is 0.0880. The third-order valence-electron chi connectivity index (χ3n) is 2.58. The van der Waals surface area contributed by atoms with Gasteiger partial charge in [0, 0.05) is 24.7 Å². The fourth-order valence-electron chi connectivity index (χ4n) is 1.73. The van der Waals surface area contributed by atoms with E-state index in [1.54, 1.807) is 11.3 Å². The van der Waals surface area contributed by atoms with Crippen molar-refractivity contribution in [3.8, 4) is 0 Å². The minimum atomic E-state index is -0.101. The van der Waals surface area contributed by atoms with Gasteiger partial charge in [0.15, 0.2) is 4.96 Å². The summed E-state index contributed by atoms with van der Waals surface area (Å²) in [6.45, 7) is 0.580. The van der Waals surface area contributed by atoms with Gasteiger partial charge in [-0.05, 0) is 12.5 Å². The molecule has 0 bridgehead atoms. The Balaban J connectivity index is 1.88. The Morgan fingerprint density at radius 3 is 3.28 bits per heavy atom. The summed E-state index contributed by atoms with van der Waals surface area (Å²) in [4.78, 5) is 18.8. The Morgan fingerprint density at radius 2 is 2.44 bits per heavy atom. The first-order valence-corrected chi connectivity index (χ1v) is 7.23. The van der Waals surface area contributed by atoms with E-state index in [0.29, 0.717) is 17.8 Å². The molecular formula is C11H11N3O2S2. The van der Waals surface area contributed by atoms with Crippen LogP contribution in [0.1, 0.15) is 16.1 Å². The standard InChI is InChI=1S/C11H11N3O2S2/c15-4-1-2-12-9(16)8-6-7-10(18-8)13-11-14(7)3-5-17-11/h3,5-6,15H,1-2,4H2,(H,12,16). The van der Waals surface area contributed by atoms with Crippen molar-refractivity contribution in [2.45, 2.75) is 6.42 Å². The second-order valence-electron chi connectivity index (χ2n) is 3.80. The molecule has 94 valence electrons. The largest absolute Gasteiger partial charge is 0.396 e. The van der Waals surface area contributed by atoms with Gasteiger partial charge < -0.3 is 10.4 Å². The topological polar surface area (TPSA) is 66.6 Å². The van der Waals surface area contributed by atoms with Gasteiger partial charge in [0.05, 0.1) is 10.4 Å². The number of carbonyl (C=O) groups excluding carboxylic acids is 1. The predicted octanol–water partition coefficient (Wildman–Crippen LogP) is 1.72. The van der Waals surface area contributed by atoms with Crippen molar-refractivity contribution in [1.82, 2.24) is 14.7 Å². The molecule has 3 rings (SSSR count). The number of nitrogens with zero attached hydrogens (tertiary/aromatic N) is 2. The van der Waals surface area contributed by atoms with Crippen LogP contribution in [0.15, 0.2) is 17.6 Å². The smallest absolute Gasteiger partial charge is 0.261 e. The van der Waals surface area contributed by atoms with Crippen LogP contribution in [0.25, 0.3) is 15.3 Å². The summed E-state index contributed by atoms with van der Waals surface area (Å²) in [5.41, 5.74) is 0.976. The monoisotopic (exact) mass is 281 g/mol. The number of fused-ring (bicyclic) bond motifs is 3. The zero-order valence-corrected chi connectivity index (χ0v) is 11.1. The predicted molar refractivity (Wildman–Crippen MR) is 72.5 cm³/mol. The Hall–Kier alpha value is -1.44. The average Bonchev–Trinajstić information content (AvgIpc) is 2.99. The van der Waals surface area contributed by atoms with Gasteiger partial charge >= 0.3 is 0 Å². The van der Waals surface area contributed by atoms with Crippen LogP contribution in [0.4, 0.5) is 0 Å². The van der Waals surface area contributed by atoms with Gasteiger partial charge in [-0.2, -0.15) is 0 Å². The number of carbonyl (C=O) groups is 1. The van der Waals surface area contributed by atoms with Crippen molar-refractivity contribution in [2.24, 2.45) is 0 Å². The summed E-state index contributed by atoms with van der Waals surface area (Å²) in [7, 11) is 0. The van der Waals surface area contributed by atoms with Crippen molar-refractivity contribution in [1.29, 1.82) is 0 Å². The number of aliphatic hydroxyl groups excluding tert-OH is 1. The highest BCUT2D eigenvalue weighted by molar-refractivity contribution is 7.21. The number of aliphatic hydroxyl groups is 1. The zero-order valence-electron chi connectivity index (χ0n) is 9.42. The number of aromatic nitrogens is 2. The SMILES string of the molecule is O=C(NCCCO)c1cc2c(nc3sccn32)s1. The Bertz CT molecular complexity index is 697. The van der Waals surface area contributed by atoms with E-state index < -0.39 is 0 Å². The summed E-state index contributed by atoms with van der Waals surface area (Å²) in [5, 5.41) is 13.4. The highest BCUT2D eigenvalue weighted by atomic mass is 32.1. The highest BCUT2D eigenvalue weighted by Gasteiger charge is 2.14. The Kier molecular flexibility index (Phi) is 3.02. The molecule has 0 saturated carbocycles. The molecule has 0 spiro atoms. The van der Waals surface area contributed by atoms with Crippen molar-refractivity contribution < 1.29 is 9.90 Å². The first-order valence-electron chi connectivity index (χ1n) is 5.54. The van der Waals surface area contributed by atoms with Crippen LogP contribution < -0.4 is 5.32 Å². The molecule has 0 fully saturated rings. The second kappa shape index (κ2) is 4.68. The molecule has 3 aromatic rings. The third kappa shape index (κ3) is 1.90. The van der Waals surface area contributed by atoms with Gasteiger partial charge in [0.25, 0.3) is 5.91 Å². The lowest BCUT2D eigenvalue weighted by molar-refractivity contribution is 0.0955. The lowest BCUT2D eigenvalue weighted by atomic mass is 10.4. The normalized spacial score (nSPS) is 11.4. The van der Waals surface area contributed by atoms with E-state index in [2.05, 4.69) is 10.3 Å². The molecule has 1 amide bonds. The summed E-state index contributed by atoms with van der Waals surface area (Å²) >= 11 is 2.97. The minimum Gasteiger partial charge on any atom is -0.396 e. The lowest BCUT2D eigenvalue weighted by Crippen LogP contribution is -2.24. The molecule has 3 heterocycles. The number of amides is 1. The number of hydrogen-bond acceptors (Lipinski definition) is 5. The molecule has 18 heavy (non-hydrogen) atoms. The maximum atomic E-state index is 11.8. The Labute approximate surface area is 111 Å². The molecule has 5 nitrogen and oxygen atoms in total. The number of hydrogen-bond donors (Lipinski definition) is 2. The molecule has 0 aliphatic carbocycles. The number of thiophene rings is 1. The van der Waals surface area contributed by atoms with Crippen molar-refractivity contribution in [3.63, 3.8) is 0 Å². The first kappa shape index (κ1) is 11.6. The molecule has 0 radical (unpaired) electrons. The average molecular weight is 281 g/mol. The van der Waals surface area contributed by atoms with Gasteiger partial charge in [0.2, 0.25) is 0 Å². The van der Waals surface area contributed by atoms with Crippen LogP contribution in [0, 0.1) is 0 Å². The van der Waals surface area contributed by atoms with E-state index in [0.717, 1.165) is 15.3 Å². The van der Waals surface area contributed by atoms with Crippen LogP contribution in [0.2, 0.25) is 0 Å². The van der Waals surface area contributed by atoms with Crippen molar-refractivity contribution in [2.75, 3.05) is 13.2 Å². The van der Waals surface area contributed by atoms with E-state index in [1.165, 1.54) is 11.3 Å². The van der Waals surface area contributed by atoms with Crippen LogP contribution in [-0.2, 0) is 0 Å². The molecule has 0 aliphatic heterocycles. The third-order valence-corrected chi connectivity index (χ3v) is 4.36. The fourth-order valence-corrected chi connectivity index (χ4v) is 3.44. The number of rotatable bonds is 4. The van der Waals surface area contributed by atoms with Gasteiger partial charge in [-0.3, -0.25) is 9.20 Å². The summed E-state index contributed by atoms with van der Waals surface area (Å²) in [6.07, 6.45) is 2.53. The zero-order chi connectivity index (χ0) is 12.5. The summed E-state index contributed by atoms with van der Waals surface area (Å²) < 4.78 is 1.99. The van der Waals surface area contributed by atoms with Gasteiger partial charge in [-0.15, -0.1) is 22.7 Å². The summed E-state index contributed by atoms with van der Waals surface area (Å²) in [6, 6.07) is 1.86. The molecule has 0 aromatic carbocycles. The molecule has 0 aliphatic rings. The van der Waals surface area contributed by atoms with Gasteiger partial charge in [-0.1, -0.05) is 0 Å². The van der Waals surface area contributed by atoms with Crippen molar-refractivity contribution in [3.05, 3.63) is 22.5 Å². The quantitative estimate of drug-likeness (QED) is 0.716. The molecule has 7 heteroatoms. The number of thiazole rings is 1. The molecule has 0 unspecified atom stereocenters. The maximum absolute atomic E-state index is 11.8. The van der Waals surface area contributed by atoms with E-state index >= 15 is 0 Å². The number of imidazole rings is 1. The lowest BCUT2D eigenvalue weighted by Gasteiger charge is -2.00. The van der Waals surface area contributed by atoms with E-state index in [4.69, 9.17) is 5.11 Å². The molecular weight excluding hydrogens is 270 g/mol. The van der Waals surface area contributed by atoms with E-state index in [9.17, 15) is 4.79 Å².